The van der Waals surface area contributed by atoms with Crippen molar-refractivity contribution in [3.8, 4) is 0 Å². The molecule has 0 aromatic rings. The average Bonchev–Trinajstić information content (AvgIpc) is 2.31. The van der Waals surface area contributed by atoms with Crippen LogP contribution in [0.5, 0.6) is 0 Å². The molecule has 2 heteroatoms. The van der Waals surface area contributed by atoms with E-state index in [9.17, 15) is 0 Å². The van der Waals surface area contributed by atoms with Gasteiger partial charge in [0.15, 0.2) is 0 Å². The molecule has 0 atom stereocenters. The molecule has 0 aliphatic heterocycles. The SMILES string of the molecule is CC(C)NCC1(OC2CCC2)CCC(C(C)(C)C)CC1. The first-order valence-electron chi connectivity index (χ1n) is 8.72. The molecule has 2 fully saturated rings. The summed E-state index contributed by atoms with van der Waals surface area (Å²) in [5.74, 6) is 0.861. The van der Waals surface area contributed by atoms with Crippen LogP contribution in [0.25, 0.3) is 0 Å². The first-order valence-corrected chi connectivity index (χ1v) is 8.72. The number of hydrogen-bond acceptors (Lipinski definition) is 2. The lowest BCUT2D eigenvalue weighted by Gasteiger charge is -2.47. The summed E-state index contributed by atoms with van der Waals surface area (Å²) >= 11 is 0. The van der Waals surface area contributed by atoms with E-state index in [2.05, 4.69) is 39.9 Å². The number of ether oxygens (including phenoxy) is 1. The molecule has 0 saturated heterocycles. The largest absolute Gasteiger partial charge is 0.370 e. The van der Waals surface area contributed by atoms with E-state index in [0.29, 0.717) is 17.6 Å². The van der Waals surface area contributed by atoms with Gasteiger partial charge in [0.05, 0.1) is 11.7 Å². The minimum absolute atomic E-state index is 0.122. The summed E-state index contributed by atoms with van der Waals surface area (Å²) in [6.07, 6.45) is 9.62. The van der Waals surface area contributed by atoms with Gasteiger partial charge in [-0.2, -0.15) is 0 Å². The summed E-state index contributed by atoms with van der Waals surface area (Å²) in [6.45, 7) is 12.7. The zero-order valence-electron chi connectivity index (χ0n) is 14.3. The van der Waals surface area contributed by atoms with Gasteiger partial charge in [0.1, 0.15) is 0 Å². The Bertz CT molecular complexity index is 293. The van der Waals surface area contributed by atoms with Gasteiger partial charge in [0, 0.05) is 12.6 Å². The average molecular weight is 281 g/mol. The number of nitrogens with one attached hydrogen (secondary N) is 1. The van der Waals surface area contributed by atoms with Crippen LogP contribution in [0.15, 0.2) is 0 Å². The van der Waals surface area contributed by atoms with E-state index in [1.165, 1.54) is 44.9 Å². The van der Waals surface area contributed by atoms with Gasteiger partial charge in [-0.1, -0.05) is 34.6 Å². The fourth-order valence-corrected chi connectivity index (χ4v) is 3.58. The lowest BCUT2D eigenvalue weighted by atomic mass is 9.68. The smallest absolute Gasteiger partial charge is 0.0810 e. The maximum Gasteiger partial charge on any atom is 0.0810 e. The molecule has 2 aliphatic rings. The Balaban J connectivity index is 1.93. The van der Waals surface area contributed by atoms with Crippen molar-refractivity contribution < 1.29 is 4.74 Å². The van der Waals surface area contributed by atoms with E-state index >= 15 is 0 Å². The molecule has 2 nitrogen and oxygen atoms in total. The van der Waals surface area contributed by atoms with Gasteiger partial charge in [0.2, 0.25) is 0 Å². The van der Waals surface area contributed by atoms with Gasteiger partial charge < -0.3 is 10.1 Å². The van der Waals surface area contributed by atoms with E-state index in [-0.39, 0.29) is 5.60 Å². The van der Waals surface area contributed by atoms with Crippen molar-refractivity contribution in [3.63, 3.8) is 0 Å². The lowest BCUT2D eigenvalue weighted by Crippen LogP contribution is -2.51. The topological polar surface area (TPSA) is 21.3 Å². The van der Waals surface area contributed by atoms with Crippen LogP contribution in [-0.2, 0) is 4.74 Å². The van der Waals surface area contributed by atoms with Crippen molar-refractivity contribution >= 4 is 0 Å². The highest BCUT2D eigenvalue weighted by molar-refractivity contribution is 4.94. The van der Waals surface area contributed by atoms with Crippen LogP contribution >= 0.6 is 0 Å². The molecular formula is C18H35NO. The summed E-state index contributed by atoms with van der Waals surface area (Å²) in [5, 5.41) is 3.64. The molecule has 0 spiro atoms. The van der Waals surface area contributed by atoms with E-state index in [1.807, 2.05) is 0 Å². The lowest BCUT2D eigenvalue weighted by molar-refractivity contribution is -0.145. The van der Waals surface area contributed by atoms with Crippen LogP contribution in [0.4, 0.5) is 0 Å². The third-order valence-electron chi connectivity index (χ3n) is 5.42. The first-order chi connectivity index (χ1) is 9.31. The summed E-state index contributed by atoms with van der Waals surface area (Å²) in [6, 6.07) is 0.553. The quantitative estimate of drug-likeness (QED) is 0.799. The molecule has 2 rings (SSSR count). The van der Waals surface area contributed by atoms with Gasteiger partial charge in [-0.05, 0) is 56.3 Å². The third kappa shape index (κ3) is 4.21. The van der Waals surface area contributed by atoms with E-state index in [1.54, 1.807) is 0 Å². The van der Waals surface area contributed by atoms with Crippen LogP contribution in [0.1, 0.15) is 79.6 Å². The minimum atomic E-state index is 0.122. The Hall–Kier alpha value is -0.0800. The van der Waals surface area contributed by atoms with Crippen LogP contribution in [0.2, 0.25) is 0 Å². The normalized spacial score (nSPS) is 32.4. The minimum Gasteiger partial charge on any atom is -0.370 e. The highest BCUT2D eigenvalue weighted by Crippen LogP contribution is 2.44. The zero-order chi connectivity index (χ0) is 14.8. The molecule has 0 bridgehead atoms. The van der Waals surface area contributed by atoms with E-state index < -0.39 is 0 Å². The maximum absolute atomic E-state index is 6.56. The van der Waals surface area contributed by atoms with Crippen LogP contribution in [-0.4, -0.2) is 24.3 Å². The molecule has 0 radical (unpaired) electrons. The van der Waals surface area contributed by atoms with Crippen molar-refractivity contribution in [1.29, 1.82) is 0 Å². The van der Waals surface area contributed by atoms with Crippen LogP contribution in [0.3, 0.4) is 0 Å². The van der Waals surface area contributed by atoms with Gasteiger partial charge in [0.25, 0.3) is 0 Å². The highest BCUT2D eigenvalue weighted by atomic mass is 16.5. The third-order valence-corrected chi connectivity index (χ3v) is 5.42. The Morgan fingerprint density at radius 3 is 2.10 bits per heavy atom. The van der Waals surface area contributed by atoms with Gasteiger partial charge >= 0.3 is 0 Å². The Kier molecular flexibility index (Phi) is 5.18. The maximum atomic E-state index is 6.56. The van der Waals surface area contributed by atoms with Crippen molar-refractivity contribution in [2.45, 2.75) is 97.3 Å². The fraction of sp³-hybridized carbons (Fsp3) is 1.00. The van der Waals surface area contributed by atoms with Crippen molar-refractivity contribution in [2.75, 3.05) is 6.54 Å². The zero-order valence-corrected chi connectivity index (χ0v) is 14.3. The highest BCUT2D eigenvalue weighted by Gasteiger charge is 2.41. The number of hydrogen-bond donors (Lipinski definition) is 1. The van der Waals surface area contributed by atoms with Crippen molar-refractivity contribution in [2.24, 2.45) is 11.3 Å². The molecule has 1 N–H and O–H groups in total. The number of rotatable bonds is 5. The van der Waals surface area contributed by atoms with Gasteiger partial charge in [-0.25, -0.2) is 0 Å². The summed E-state index contributed by atoms with van der Waals surface area (Å²) in [5.41, 5.74) is 0.575. The Morgan fingerprint density at radius 2 is 1.70 bits per heavy atom. The monoisotopic (exact) mass is 281 g/mol. The van der Waals surface area contributed by atoms with Gasteiger partial charge in [-0.3, -0.25) is 0 Å². The van der Waals surface area contributed by atoms with E-state index in [4.69, 9.17) is 4.74 Å². The summed E-state index contributed by atoms with van der Waals surface area (Å²) in [7, 11) is 0. The second kappa shape index (κ2) is 6.36. The second-order valence-electron chi connectivity index (χ2n) is 8.53. The molecule has 0 unspecified atom stereocenters. The molecular weight excluding hydrogens is 246 g/mol. The Labute approximate surface area is 126 Å². The predicted octanol–water partition coefficient (Wildman–Crippen LogP) is 4.53. The Morgan fingerprint density at radius 1 is 1.10 bits per heavy atom. The standard InChI is InChI=1S/C18H35NO/c1-14(2)19-13-18(20-16-7-6-8-16)11-9-15(10-12-18)17(3,4)5/h14-16,19H,6-13H2,1-5H3. The predicted molar refractivity (Wildman–Crippen MR) is 86.0 cm³/mol. The molecule has 2 saturated carbocycles. The molecule has 0 heterocycles. The van der Waals surface area contributed by atoms with E-state index in [0.717, 1.165) is 12.5 Å². The molecule has 118 valence electrons. The van der Waals surface area contributed by atoms with Crippen molar-refractivity contribution in [1.82, 2.24) is 5.32 Å². The molecule has 2 aliphatic carbocycles. The summed E-state index contributed by atoms with van der Waals surface area (Å²) < 4.78 is 6.56. The second-order valence-corrected chi connectivity index (χ2v) is 8.53. The first kappa shape index (κ1) is 16.3. The summed E-state index contributed by atoms with van der Waals surface area (Å²) in [4.78, 5) is 0. The molecule has 0 amide bonds. The molecule has 0 aromatic carbocycles. The molecule has 0 aromatic heterocycles. The van der Waals surface area contributed by atoms with Crippen molar-refractivity contribution in [3.05, 3.63) is 0 Å². The fourth-order valence-electron chi connectivity index (χ4n) is 3.58. The van der Waals surface area contributed by atoms with Crippen LogP contribution in [0, 0.1) is 11.3 Å². The van der Waals surface area contributed by atoms with Gasteiger partial charge in [-0.15, -0.1) is 0 Å². The van der Waals surface area contributed by atoms with Crippen LogP contribution < -0.4 is 5.32 Å². The molecule has 20 heavy (non-hydrogen) atoms.